The van der Waals surface area contributed by atoms with Crippen LogP contribution < -0.4 is 5.32 Å². The van der Waals surface area contributed by atoms with Crippen molar-refractivity contribution in [1.29, 1.82) is 0 Å². The Morgan fingerprint density at radius 2 is 2.15 bits per heavy atom. The third-order valence-electron chi connectivity index (χ3n) is 3.54. The number of halogens is 2. The van der Waals surface area contributed by atoms with Crippen LogP contribution in [0.1, 0.15) is 19.8 Å². The molecule has 7 heteroatoms. The van der Waals surface area contributed by atoms with Gasteiger partial charge in [0.15, 0.2) is 0 Å². The van der Waals surface area contributed by atoms with Gasteiger partial charge in [-0.3, -0.25) is 10.1 Å². The maximum Gasteiger partial charge on any atom is 0.293 e. The van der Waals surface area contributed by atoms with Crippen molar-refractivity contribution in [3.05, 3.63) is 32.3 Å². The Bertz CT molecular complexity index is 511. The van der Waals surface area contributed by atoms with Crippen molar-refractivity contribution < 1.29 is 9.66 Å². The SMILES string of the molecule is CCC1OCCC1CNc1cc(Cl)c(Cl)cc1[N+](=O)[O-]. The van der Waals surface area contributed by atoms with Crippen LogP contribution in [0.2, 0.25) is 10.0 Å². The van der Waals surface area contributed by atoms with Crippen molar-refractivity contribution in [2.24, 2.45) is 5.92 Å². The van der Waals surface area contributed by atoms with Gasteiger partial charge in [0.05, 0.1) is 21.1 Å². The second-order valence-electron chi connectivity index (χ2n) is 4.79. The van der Waals surface area contributed by atoms with Gasteiger partial charge in [0.1, 0.15) is 5.69 Å². The predicted molar refractivity (Wildman–Crippen MR) is 79.7 cm³/mol. The lowest BCUT2D eigenvalue weighted by atomic mass is 9.99. The van der Waals surface area contributed by atoms with Gasteiger partial charge in [0, 0.05) is 25.1 Å². The monoisotopic (exact) mass is 318 g/mol. The predicted octanol–water partition coefficient (Wildman–Crippen LogP) is 4.13. The number of nitro groups is 1. The third kappa shape index (κ3) is 3.34. The molecule has 0 saturated carbocycles. The fraction of sp³-hybridized carbons (Fsp3) is 0.538. The fourth-order valence-electron chi connectivity index (χ4n) is 2.45. The van der Waals surface area contributed by atoms with Gasteiger partial charge in [-0.1, -0.05) is 30.1 Å². The number of hydrogen-bond acceptors (Lipinski definition) is 4. The zero-order chi connectivity index (χ0) is 14.7. The Morgan fingerprint density at radius 3 is 2.80 bits per heavy atom. The molecule has 1 aromatic rings. The highest BCUT2D eigenvalue weighted by Gasteiger charge is 2.27. The fourth-order valence-corrected chi connectivity index (χ4v) is 2.77. The van der Waals surface area contributed by atoms with Crippen LogP contribution in [0.3, 0.4) is 0 Å². The van der Waals surface area contributed by atoms with E-state index < -0.39 is 4.92 Å². The normalized spacial score (nSPS) is 21.9. The molecule has 1 fully saturated rings. The first-order chi connectivity index (χ1) is 9.52. The summed E-state index contributed by atoms with van der Waals surface area (Å²) in [7, 11) is 0. The van der Waals surface area contributed by atoms with E-state index in [0.717, 1.165) is 19.4 Å². The number of nitrogens with zero attached hydrogens (tertiary/aromatic N) is 1. The van der Waals surface area contributed by atoms with Crippen molar-refractivity contribution in [3.8, 4) is 0 Å². The van der Waals surface area contributed by atoms with Crippen LogP contribution in [0.15, 0.2) is 12.1 Å². The summed E-state index contributed by atoms with van der Waals surface area (Å²) in [6, 6.07) is 2.77. The Balaban J connectivity index is 2.12. The standard InChI is InChI=1S/C13H16Cl2N2O3/c1-2-13-8(3-4-20-13)7-16-11-5-9(14)10(15)6-12(11)17(18)19/h5-6,8,13,16H,2-4,7H2,1H3. The molecule has 0 amide bonds. The molecule has 2 atom stereocenters. The first-order valence-electron chi connectivity index (χ1n) is 6.51. The number of hydrogen-bond donors (Lipinski definition) is 1. The Hall–Kier alpha value is -1.04. The second kappa shape index (κ2) is 6.61. The van der Waals surface area contributed by atoms with Crippen molar-refractivity contribution in [2.75, 3.05) is 18.5 Å². The molecule has 110 valence electrons. The molecule has 2 unspecified atom stereocenters. The molecule has 1 aromatic carbocycles. The summed E-state index contributed by atoms with van der Waals surface area (Å²) in [6.45, 7) is 3.44. The Labute approximate surface area is 127 Å². The minimum absolute atomic E-state index is 0.0636. The molecule has 1 aliphatic rings. The molecular formula is C13H16Cl2N2O3. The van der Waals surface area contributed by atoms with Crippen molar-refractivity contribution in [3.63, 3.8) is 0 Å². The minimum atomic E-state index is -0.465. The lowest BCUT2D eigenvalue weighted by Crippen LogP contribution is -2.23. The summed E-state index contributed by atoms with van der Waals surface area (Å²) in [4.78, 5) is 10.6. The van der Waals surface area contributed by atoms with Gasteiger partial charge < -0.3 is 10.1 Å². The summed E-state index contributed by atoms with van der Waals surface area (Å²) < 4.78 is 5.60. The Morgan fingerprint density at radius 1 is 1.45 bits per heavy atom. The molecule has 1 N–H and O–H groups in total. The highest BCUT2D eigenvalue weighted by molar-refractivity contribution is 6.42. The second-order valence-corrected chi connectivity index (χ2v) is 5.60. The van der Waals surface area contributed by atoms with E-state index in [0.29, 0.717) is 23.2 Å². The highest BCUT2D eigenvalue weighted by atomic mass is 35.5. The first kappa shape index (κ1) is 15.4. The molecule has 20 heavy (non-hydrogen) atoms. The van der Waals surface area contributed by atoms with Crippen LogP contribution in [0.4, 0.5) is 11.4 Å². The van der Waals surface area contributed by atoms with Gasteiger partial charge in [-0.15, -0.1) is 0 Å². The van der Waals surface area contributed by atoms with Gasteiger partial charge >= 0.3 is 0 Å². The molecule has 0 aliphatic carbocycles. The molecule has 1 saturated heterocycles. The Kier molecular flexibility index (Phi) is 5.07. The number of benzene rings is 1. The van der Waals surface area contributed by atoms with Crippen molar-refractivity contribution >= 4 is 34.6 Å². The molecule has 0 radical (unpaired) electrons. The topological polar surface area (TPSA) is 64.4 Å². The van der Waals surface area contributed by atoms with E-state index in [1.807, 2.05) is 0 Å². The van der Waals surface area contributed by atoms with E-state index in [1.165, 1.54) is 12.1 Å². The summed E-state index contributed by atoms with van der Waals surface area (Å²) in [5.41, 5.74) is 0.331. The zero-order valence-electron chi connectivity index (χ0n) is 11.1. The quantitative estimate of drug-likeness (QED) is 0.655. The van der Waals surface area contributed by atoms with Gasteiger partial charge in [0.2, 0.25) is 0 Å². The lowest BCUT2D eigenvalue weighted by Gasteiger charge is -2.18. The third-order valence-corrected chi connectivity index (χ3v) is 4.26. The number of nitrogens with one attached hydrogen (secondary N) is 1. The first-order valence-corrected chi connectivity index (χ1v) is 7.27. The molecule has 1 heterocycles. The van der Waals surface area contributed by atoms with Crippen LogP contribution in [-0.2, 0) is 4.74 Å². The van der Waals surface area contributed by atoms with Gasteiger partial charge in [-0.25, -0.2) is 0 Å². The van der Waals surface area contributed by atoms with Gasteiger partial charge in [-0.05, 0) is 18.9 Å². The van der Waals surface area contributed by atoms with E-state index in [1.54, 1.807) is 0 Å². The van der Waals surface area contributed by atoms with E-state index in [2.05, 4.69) is 12.2 Å². The van der Waals surface area contributed by atoms with E-state index in [-0.39, 0.29) is 16.8 Å². The molecular weight excluding hydrogens is 303 g/mol. The van der Waals surface area contributed by atoms with Crippen molar-refractivity contribution in [1.82, 2.24) is 0 Å². The average Bonchev–Trinajstić information content (AvgIpc) is 2.86. The van der Waals surface area contributed by atoms with E-state index in [4.69, 9.17) is 27.9 Å². The van der Waals surface area contributed by atoms with Crippen LogP contribution in [-0.4, -0.2) is 24.2 Å². The number of nitro benzene ring substituents is 1. The summed E-state index contributed by atoms with van der Waals surface area (Å²) in [6.07, 6.45) is 2.11. The van der Waals surface area contributed by atoms with Crippen LogP contribution in [0, 0.1) is 16.0 Å². The summed E-state index contributed by atoms with van der Waals surface area (Å²) >= 11 is 11.7. The average molecular weight is 319 g/mol. The van der Waals surface area contributed by atoms with E-state index >= 15 is 0 Å². The zero-order valence-corrected chi connectivity index (χ0v) is 12.6. The molecule has 0 aromatic heterocycles. The summed E-state index contributed by atoms with van der Waals surface area (Å²) in [5.74, 6) is 0.356. The van der Waals surface area contributed by atoms with Gasteiger partial charge in [-0.2, -0.15) is 0 Å². The largest absolute Gasteiger partial charge is 0.379 e. The number of anilines is 1. The number of rotatable bonds is 5. The maximum absolute atomic E-state index is 11.0. The van der Waals surface area contributed by atoms with Crippen LogP contribution in [0.5, 0.6) is 0 Å². The van der Waals surface area contributed by atoms with Crippen LogP contribution >= 0.6 is 23.2 Å². The molecule has 0 spiro atoms. The molecule has 2 rings (SSSR count). The lowest BCUT2D eigenvalue weighted by molar-refractivity contribution is -0.383. The highest BCUT2D eigenvalue weighted by Crippen LogP contribution is 2.34. The molecule has 1 aliphatic heterocycles. The summed E-state index contributed by atoms with van der Waals surface area (Å²) in [5, 5.41) is 14.6. The molecule has 5 nitrogen and oxygen atoms in total. The van der Waals surface area contributed by atoms with Gasteiger partial charge in [0.25, 0.3) is 5.69 Å². The van der Waals surface area contributed by atoms with Crippen LogP contribution in [0.25, 0.3) is 0 Å². The number of ether oxygens (including phenoxy) is 1. The van der Waals surface area contributed by atoms with E-state index in [9.17, 15) is 10.1 Å². The maximum atomic E-state index is 11.0. The smallest absolute Gasteiger partial charge is 0.293 e. The minimum Gasteiger partial charge on any atom is -0.379 e. The van der Waals surface area contributed by atoms with Crippen molar-refractivity contribution in [2.45, 2.75) is 25.9 Å². The molecule has 0 bridgehead atoms.